The maximum absolute atomic E-state index is 6.03. The van der Waals surface area contributed by atoms with Gasteiger partial charge in [-0.2, -0.15) is 0 Å². The van der Waals surface area contributed by atoms with Crippen LogP contribution in [-0.2, 0) is 0 Å². The molecule has 0 aliphatic rings. The van der Waals surface area contributed by atoms with Crippen LogP contribution in [0.15, 0.2) is 47.2 Å². The summed E-state index contributed by atoms with van der Waals surface area (Å²) in [6.07, 6.45) is 4.85. The first-order valence-electron chi connectivity index (χ1n) is 8.10. The Hall–Kier alpha value is -1.65. The van der Waals surface area contributed by atoms with Gasteiger partial charge in [0.1, 0.15) is 11.4 Å². The Morgan fingerprint density at radius 3 is 2.39 bits per heavy atom. The number of thiophene rings is 2. The summed E-state index contributed by atoms with van der Waals surface area (Å²) in [6.45, 7) is 2.99. The SMILES string of the molecule is CCCCCCOc1ccc(-c2cccs2)nc1-c1cccs1. The van der Waals surface area contributed by atoms with Gasteiger partial charge in [-0.1, -0.05) is 38.3 Å². The van der Waals surface area contributed by atoms with E-state index >= 15 is 0 Å². The van der Waals surface area contributed by atoms with Crippen molar-refractivity contribution in [2.24, 2.45) is 0 Å². The molecule has 0 aromatic carbocycles. The Kier molecular flexibility index (Phi) is 5.83. The molecule has 0 aliphatic heterocycles. The first-order valence-corrected chi connectivity index (χ1v) is 9.86. The monoisotopic (exact) mass is 343 g/mol. The fraction of sp³-hybridized carbons (Fsp3) is 0.316. The number of rotatable bonds is 8. The van der Waals surface area contributed by atoms with Gasteiger partial charge in [0, 0.05) is 0 Å². The van der Waals surface area contributed by atoms with E-state index in [0.717, 1.165) is 35.0 Å². The highest BCUT2D eigenvalue weighted by Gasteiger charge is 2.12. The second-order valence-corrected chi connectivity index (χ2v) is 7.30. The molecule has 0 bridgehead atoms. The molecule has 3 heterocycles. The van der Waals surface area contributed by atoms with E-state index in [0.29, 0.717) is 0 Å². The average Bonchev–Trinajstić information content (AvgIpc) is 3.28. The number of nitrogens with zero attached hydrogens (tertiary/aromatic N) is 1. The summed E-state index contributed by atoms with van der Waals surface area (Å²) in [6, 6.07) is 12.5. The minimum atomic E-state index is 0.762. The van der Waals surface area contributed by atoms with Gasteiger partial charge < -0.3 is 4.74 Å². The van der Waals surface area contributed by atoms with Crippen LogP contribution < -0.4 is 4.74 Å². The maximum atomic E-state index is 6.03. The summed E-state index contributed by atoms with van der Waals surface area (Å²) in [5, 5.41) is 4.17. The Morgan fingerprint density at radius 1 is 0.913 bits per heavy atom. The van der Waals surface area contributed by atoms with Gasteiger partial charge in [0.05, 0.1) is 22.1 Å². The van der Waals surface area contributed by atoms with Crippen LogP contribution in [0, 0.1) is 0 Å². The third kappa shape index (κ3) is 4.21. The van der Waals surface area contributed by atoms with Crippen LogP contribution in [0.5, 0.6) is 5.75 Å². The van der Waals surface area contributed by atoms with E-state index in [2.05, 4.69) is 54.1 Å². The number of ether oxygens (including phenoxy) is 1. The van der Waals surface area contributed by atoms with Crippen molar-refractivity contribution in [3.63, 3.8) is 0 Å². The van der Waals surface area contributed by atoms with Crippen LogP contribution in [-0.4, -0.2) is 11.6 Å². The molecule has 23 heavy (non-hydrogen) atoms. The third-order valence-corrected chi connectivity index (χ3v) is 5.41. The number of unbranched alkanes of at least 4 members (excludes halogenated alkanes) is 3. The van der Waals surface area contributed by atoms with Gasteiger partial charge in [-0.15, -0.1) is 22.7 Å². The zero-order chi connectivity index (χ0) is 15.9. The van der Waals surface area contributed by atoms with Crippen molar-refractivity contribution in [3.05, 3.63) is 47.2 Å². The summed E-state index contributed by atoms with van der Waals surface area (Å²) in [5.74, 6) is 0.893. The largest absolute Gasteiger partial charge is 0.491 e. The summed E-state index contributed by atoms with van der Waals surface area (Å²) in [5.41, 5.74) is 1.98. The smallest absolute Gasteiger partial charge is 0.146 e. The number of hydrogen-bond donors (Lipinski definition) is 0. The lowest BCUT2D eigenvalue weighted by Crippen LogP contribution is -2.00. The van der Waals surface area contributed by atoms with E-state index in [4.69, 9.17) is 9.72 Å². The van der Waals surface area contributed by atoms with Crippen LogP contribution in [0.4, 0.5) is 0 Å². The van der Waals surface area contributed by atoms with Crippen molar-refractivity contribution in [2.75, 3.05) is 6.61 Å². The molecule has 120 valence electrons. The van der Waals surface area contributed by atoms with E-state index in [9.17, 15) is 0 Å². The third-order valence-electron chi connectivity index (χ3n) is 3.64. The molecular weight excluding hydrogens is 322 g/mol. The lowest BCUT2D eigenvalue weighted by molar-refractivity contribution is 0.305. The Morgan fingerprint density at radius 2 is 1.70 bits per heavy atom. The molecule has 0 aliphatic carbocycles. The number of hydrogen-bond acceptors (Lipinski definition) is 4. The van der Waals surface area contributed by atoms with Crippen molar-refractivity contribution in [1.29, 1.82) is 0 Å². The molecule has 0 radical (unpaired) electrons. The fourth-order valence-electron chi connectivity index (χ4n) is 2.43. The van der Waals surface area contributed by atoms with Crippen LogP contribution >= 0.6 is 22.7 Å². The normalized spacial score (nSPS) is 10.8. The lowest BCUT2D eigenvalue weighted by atomic mass is 10.2. The maximum Gasteiger partial charge on any atom is 0.146 e. The van der Waals surface area contributed by atoms with E-state index in [1.165, 1.54) is 24.1 Å². The molecule has 3 aromatic rings. The van der Waals surface area contributed by atoms with Crippen LogP contribution in [0.25, 0.3) is 21.1 Å². The van der Waals surface area contributed by atoms with Crippen molar-refractivity contribution in [3.8, 4) is 26.9 Å². The van der Waals surface area contributed by atoms with E-state index in [-0.39, 0.29) is 0 Å². The van der Waals surface area contributed by atoms with Crippen molar-refractivity contribution < 1.29 is 4.74 Å². The zero-order valence-electron chi connectivity index (χ0n) is 13.3. The topological polar surface area (TPSA) is 22.1 Å². The molecule has 2 nitrogen and oxygen atoms in total. The second kappa shape index (κ2) is 8.27. The molecule has 0 fully saturated rings. The van der Waals surface area contributed by atoms with E-state index < -0.39 is 0 Å². The van der Waals surface area contributed by atoms with Crippen LogP contribution in [0.2, 0.25) is 0 Å². The first-order chi connectivity index (χ1) is 11.4. The van der Waals surface area contributed by atoms with Crippen molar-refractivity contribution in [2.45, 2.75) is 32.6 Å². The highest BCUT2D eigenvalue weighted by Crippen LogP contribution is 2.35. The predicted octanol–water partition coefficient (Wildman–Crippen LogP) is 6.50. The van der Waals surface area contributed by atoms with Crippen LogP contribution in [0.3, 0.4) is 0 Å². The molecule has 3 rings (SSSR count). The predicted molar refractivity (Wildman–Crippen MR) is 101 cm³/mol. The standard InChI is InChI=1S/C19H21NOS2/c1-2-3-4-5-12-21-16-11-10-15(17-8-6-13-22-17)20-19(16)18-9-7-14-23-18/h6-11,13-14H,2-5,12H2,1H3. The minimum absolute atomic E-state index is 0.762. The Balaban J connectivity index is 1.81. The van der Waals surface area contributed by atoms with Gasteiger partial charge in [0.15, 0.2) is 0 Å². The summed E-state index contributed by atoms with van der Waals surface area (Å²) in [7, 11) is 0. The summed E-state index contributed by atoms with van der Waals surface area (Å²) >= 11 is 3.42. The number of pyridine rings is 1. The minimum Gasteiger partial charge on any atom is -0.491 e. The quantitative estimate of drug-likeness (QED) is 0.436. The van der Waals surface area contributed by atoms with Gasteiger partial charge in [-0.3, -0.25) is 0 Å². The summed E-state index contributed by atoms with van der Waals surface area (Å²) < 4.78 is 6.03. The van der Waals surface area contributed by atoms with Gasteiger partial charge >= 0.3 is 0 Å². The lowest BCUT2D eigenvalue weighted by Gasteiger charge is -2.11. The molecule has 0 saturated carbocycles. The molecule has 0 unspecified atom stereocenters. The molecule has 0 atom stereocenters. The van der Waals surface area contributed by atoms with E-state index in [1.54, 1.807) is 22.7 Å². The van der Waals surface area contributed by atoms with Crippen molar-refractivity contribution >= 4 is 22.7 Å². The molecular formula is C19H21NOS2. The van der Waals surface area contributed by atoms with Gasteiger partial charge in [0.2, 0.25) is 0 Å². The molecule has 0 N–H and O–H groups in total. The average molecular weight is 344 g/mol. The van der Waals surface area contributed by atoms with Crippen LogP contribution in [0.1, 0.15) is 32.6 Å². The van der Waals surface area contributed by atoms with E-state index in [1.807, 2.05) is 0 Å². The summed E-state index contributed by atoms with van der Waals surface area (Å²) in [4.78, 5) is 7.22. The fourth-order valence-corrected chi connectivity index (χ4v) is 3.84. The highest BCUT2D eigenvalue weighted by molar-refractivity contribution is 7.13. The Labute approximate surface area is 145 Å². The molecule has 0 amide bonds. The number of aromatic nitrogens is 1. The van der Waals surface area contributed by atoms with Gasteiger partial charge in [-0.05, 0) is 41.4 Å². The molecule has 4 heteroatoms. The van der Waals surface area contributed by atoms with Crippen molar-refractivity contribution in [1.82, 2.24) is 4.98 Å². The first kappa shape index (κ1) is 16.2. The van der Waals surface area contributed by atoms with Gasteiger partial charge in [-0.25, -0.2) is 4.98 Å². The zero-order valence-corrected chi connectivity index (χ0v) is 15.0. The molecule has 0 saturated heterocycles. The Bertz CT molecular complexity index is 705. The molecule has 0 spiro atoms. The highest BCUT2D eigenvalue weighted by atomic mass is 32.1. The van der Waals surface area contributed by atoms with Gasteiger partial charge in [0.25, 0.3) is 0 Å². The molecule has 3 aromatic heterocycles. The second-order valence-electron chi connectivity index (χ2n) is 5.41.